The summed E-state index contributed by atoms with van der Waals surface area (Å²) in [5.74, 6) is 0.417. The minimum absolute atomic E-state index is 0.0709. The summed E-state index contributed by atoms with van der Waals surface area (Å²) in [5.41, 5.74) is 2.39. The van der Waals surface area contributed by atoms with Crippen LogP contribution in [0.3, 0.4) is 0 Å². The Kier molecular flexibility index (Phi) is 7.29. The van der Waals surface area contributed by atoms with Crippen molar-refractivity contribution in [3.63, 3.8) is 0 Å². The first kappa shape index (κ1) is 24.2. The third-order valence-electron chi connectivity index (χ3n) is 4.83. The molecule has 0 radical (unpaired) electrons. The van der Waals surface area contributed by atoms with Crippen molar-refractivity contribution < 1.29 is 13.2 Å². The normalized spacial score (nSPS) is 12.7. The number of hydrogen-bond acceptors (Lipinski definition) is 6. The Bertz CT molecular complexity index is 1260. The SMILES string of the molecule is Cc1ccccc1-c1nnc(SC(C)C(=O)Nc2ccc(Cl)c(S(=O)(=O)N(C)C)c2)n1C. The predicted octanol–water partition coefficient (Wildman–Crippen LogP) is 3.81. The third kappa shape index (κ3) is 4.98. The molecule has 1 aromatic heterocycles. The van der Waals surface area contributed by atoms with Gasteiger partial charge in [-0.15, -0.1) is 10.2 Å². The number of sulfonamides is 1. The van der Waals surface area contributed by atoms with E-state index in [1.165, 1.54) is 38.0 Å². The average Bonchev–Trinajstić information content (AvgIpc) is 3.09. The summed E-state index contributed by atoms with van der Waals surface area (Å²) in [6.45, 7) is 3.75. The van der Waals surface area contributed by atoms with E-state index in [2.05, 4.69) is 15.5 Å². The first-order valence-corrected chi connectivity index (χ1v) is 12.4. The highest BCUT2D eigenvalue weighted by Gasteiger charge is 2.23. The van der Waals surface area contributed by atoms with Crippen LogP contribution in [0.25, 0.3) is 11.4 Å². The molecule has 11 heteroatoms. The predicted molar refractivity (Wildman–Crippen MR) is 127 cm³/mol. The zero-order chi connectivity index (χ0) is 23.6. The van der Waals surface area contributed by atoms with Gasteiger partial charge in [-0.2, -0.15) is 0 Å². The largest absolute Gasteiger partial charge is 0.325 e. The fourth-order valence-electron chi connectivity index (χ4n) is 2.91. The molecule has 32 heavy (non-hydrogen) atoms. The number of carbonyl (C=O) groups excluding carboxylic acids is 1. The molecule has 3 aromatic rings. The number of benzene rings is 2. The van der Waals surface area contributed by atoms with Gasteiger partial charge in [0.05, 0.1) is 10.3 Å². The fraction of sp³-hybridized carbons (Fsp3) is 0.286. The van der Waals surface area contributed by atoms with Crippen LogP contribution >= 0.6 is 23.4 Å². The molecule has 1 unspecified atom stereocenters. The number of halogens is 1. The molecule has 8 nitrogen and oxygen atoms in total. The highest BCUT2D eigenvalue weighted by molar-refractivity contribution is 8.00. The van der Waals surface area contributed by atoms with Gasteiger partial charge in [0.2, 0.25) is 15.9 Å². The number of aromatic nitrogens is 3. The Balaban J connectivity index is 1.76. The number of aryl methyl sites for hydroxylation is 1. The summed E-state index contributed by atoms with van der Waals surface area (Å²) in [5, 5.41) is 11.4. The Morgan fingerprint density at radius 1 is 1.19 bits per heavy atom. The molecule has 0 bridgehead atoms. The smallest absolute Gasteiger partial charge is 0.244 e. The molecular weight excluding hydrogens is 470 g/mol. The molecule has 0 saturated carbocycles. The van der Waals surface area contributed by atoms with E-state index in [9.17, 15) is 13.2 Å². The third-order valence-corrected chi connectivity index (χ3v) is 8.26. The van der Waals surface area contributed by atoms with Gasteiger partial charge in [0.1, 0.15) is 4.90 Å². The van der Waals surface area contributed by atoms with Crippen molar-refractivity contribution in [2.45, 2.75) is 29.1 Å². The molecular formula is C21H24ClN5O3S2. The molecule has 0 saturated heterocycles. The lowest BCUT2D eigenvalue weighted by atomic mass is 10.1. The van der Waals surface area contributed by atoms with Crippen LogP contribution in [0.4, 0.5) is 5.69 Å². The van der Waals surface area contributed by atoms with Crippen LogP contribution in [0.2, 0.25) is 5.02 Å². The Labute approximate surface area is 197 Å². The van der Waals surface area contributed by atoms with E-state index in [0.717, 1.165) is 21.3 Å². The number of nitrogens with zero attached hydrogens (tertiary/aromatic N) is 4. The number of amides is 1. The van der Waals surface area contributed by atoms with Gasteiger partial charge < -0.3 is 9.88 Å². The molecule has 170 valence electrons. The molecule has 1 N–H and O–H groups in total. The van der Waals surface area contributed by atoms with Crippen molar-refractivity contribution in [1.29, 1.82) is 0 Å². The average molecular weight is 494 g/mol. The van der Waals surface area contributed by atoms with Crippen LogP contribution in [0.1, 0.15) is 12.5 Å². The van der Waals surface area contributed by atoms with E-state index in [4.69, 9.17) is 11.6 Å². The van der Waals surface area contributed by atoms with Crippen LogP contribution < -0.4 is 5.32 Å². The second-order valence-corrected chi connectivity index (χ2v) is 11.2. The summed E-state index contributed by atoms with van der Waals surface area (Å²) < 4.78 is 27.8. The summed E-state index contributed by atoms with van der Waals surface area (Å²) in [6, 6.07) is 12.2. The number of thioether (sulfide) groups is 1. The highest BCUT2D eigenvalue weighted by atomic mass is 35.5. The zero-order valence-corrected chi connectivity index (χ0v) is 20.7. The van der Waals surface area contributed by atoms with Crippen LogP contribution in [0.5, 0.6) is 0 Å². The summed E-state index contributed by atoms with van der Waals surface area (Å²) >= 11 is 7.33. The molecule has 2 aromatic carbocycles. The second kappa shape index (κ2) is 9.62. The first-order chi connectivity index (χ1) is 15.0. The lowest BCUT2D eigenvalue weighted by Crippen LogP contribution is -2.24. The maximum absolute atomic E-state index is 12.8. The van der Waals surface area contributed by atoms with E-state index in [-0.39, 0.29) is 15.8 Å². The Morgan fingerprint density at radius 2 is 1.88 bits per heavy atom. The van der Waals surface area contributed by atoms with Gasteiger partial charge in [0.25, 0.3) is 0 Å². The van der Waals surface area contributed by atoms with Crippen LogP contribution in [-0.4, -0.2) is 52.7 Å². The van der Waals surface area contributed by atoms with Crippen molar-refractivity contribution in [2.75, 3.05) is 19.4 Å². The van der Waals surface area contributed by atoms with Crippen LogP contribution in [0.15, 0.2) is 52.5 Å². The quantitative estimate of drug-likeness (QED) is 0.502. The molecule has 1 heterocycles. The first-order valence-electron chi connectivity index (χ1n) is 9.67. The minimum Gasteiger partial charge on any atom is -0.325 e. The molecule has 0 spiro atoms. The minimum atomic E-state index is -3.74. The van der Waals surface area contributed by atoms with Crippen molar-refractivity contribution in [2.24, 2.45) is 7.05 Å². The van der Waals surface area contributed by atoms with Crippen molar-refractivity contribution in [3.8, 4) is 11.4 Å². The standard InChI is InChI=1S/C21H24ClN5O3S2/c1-13-8-6-7-9-16(13)19-24-25-21(27(19)5)31-14(2)20(28)23-15-10-11-17(22)18(12-15)32(29,30)26(3)4/h6-12,14H,1-5H3,(H,23,28). The fourth-order valence-corrected chi connectivity index (χ4v) is 5.12. The monoisotopic (exact) mass is 493 g/mol. The van der Waals surface area contributed by atoms with Crippen molar-refractivity contribution in [1.82, 2.24) is 19.1 Å². The molecule has 0 aliphatic rings. The van der Waals surface area contributed by atoms with Crippen LogP contribution in [0, 0.1) is 6.92 Å². The molecule has 0 aliphatic carbocycles. The number of nitrogens with one attached hydrogen (secondary N) is 1. The highest BCUT2D eigenvalue weighted by Crippen LogP contribution is 2.29. The van der Waals surface area contributed by atoms with E-state index >= 15 is 0 Å². The van der Waals surface area contributed by atoms with Gasteiger partial charge in [0.15, 0.2) is 11.0 Å². The molecule has 0 fully saturated rings. The Morgan fingerprint density at radius 3 is 2.53 bits per heavy atom. The van der Waals surface area contributed by atoms with Crippen LogP contribution in [-0.2, 0) is 21.9 Å². The maximum Gasteiger partial charge on any atom is 0.244 e. The van der Waals surface area contributed by atoms with Gasteiger partial charge >= 0.3 is 0 Å². The lowest BCUT2D eigenvalue weighted by Gasteiger charge is -2.15. The van der Waals surface area contributed by atoms with E-state index in [1.807, 2.05) is 42.8 Å². The lowest BCUT2D eigenvalue weighted by molar-refractivity contribution is -0.115. The van der Waals surface area contributed by atoms with Gasteiger partial charge in [-0.05, 0) is 37.6 Å². The van der Waals surface area contributed by atoms with E-state index in [0.29, 0.717) is 10.8 Å². The van der Waals surface area contributed by atoms with Crippen molar-refractivity contribution >= 4 is 45.0 Å². The van der Waals surface area contributed by atoms with E-state index < -0.39 is 15.3 Å². The molecule has 1 atom stereocenters. The second-order valence-electron chi connectivity index (χ2n) is 7.36. The van der Waals surface area contributed by atoms with Crippen molar-refractivity contribution in [3.05, 3.63) is 53.1 Å². The Hall–Kier alpha value is -2.40. The van der Waals surface area contributed by atoms with Gasteiger partial charge in [0, 0.05) is 32.4 Å². The molecule has 0 aliphatic heterocycles. The summed E-state index contributed by atoms with van der Waals surface area (Å²) in [7, 11) is 0.946. The summed E-state index contributed by atoms with van der Waals surface area (Å²) in [6.07, 6.45) is 0. The number of hydrogen-bond donors (Lipinski definition) is 1. The van der Waals surface area contributed by atoms with Gasteiger partial charge in [-0.3, -0.25) is 4.79 Å². The molecule has 1 amide bonds. The number of rotatable bonds is 7. The number of carbonyl (C=O) groups is 1. The topological polar surface area (TPSA) is 97.2 Å². The van der Waals surface area contributed by atoms with Gasteiger partial charge in [-0.25, -0.2) is 12.7 Å². The summed E-state index contributed by atoms with van der Waals surface area (Å²) in [4.78, 5) is 12.7. The van der Waals surface area contributed by atoms with Gasteiger partial charge in [-0.1, -0.05) is 47.6 Å². The zero-order valence-electron chi connectivity index (χ0n) is 18.3. The maximum atomic E-state index is 12.8. The molecule has 3 rings (SSSR count). The van der Waals surface area contributed by atoms with E-state index in [1.54, 1.807) is 13.0 Å². The number of anilines is 1.